The molecule has 0 aliphatic carbocycles. The summed E-state index contributed by atoms with van der Waals surface area (Å²) >= 11 is 4.61. The quantitative estimate of drug-likeness (QED) is 0.359. The van der Waals surface area contributed by atoms with E-state index in [1.165, 1.54) is 11.3 Å². The normalized spacial score (nSPS) is 10.4. The standard InChI is InChI=1S/C23H17BrN4O3S/c1-31-19-11-7-15(8-12-19)22-27-28-23(32-22)26-21(30)16-3-2-4-18(13-16)25-20(29)14-5-9-17(24)10-6-14/h2-13H,1H3,(H,25,29)(H,26,28,30). The Morgan fingerprint density at radius 1 is 0.875 bits per heavy atom. The van der Waals surface area contributed by atoms with Crippen molar-refractivity contribution in [3.05, 3.63) is 88.4 Å². The number of hydrogen-bond donors (Lipinski definition) is 2. The fraction of sp³-hybridized carbons (Fsp3) is 0.0435. The highest BCUT2D eigenvalue weighted by Gasteiger charge is 2.13. The number of methoxy groups -OCH3 is 1. The average molecular weight is 509 g/mol. The molecule has 4 aromatic rings. The molecule has 0 spiro atoms. The van der Waals surface area contributed by atoms with Crippen LogP contribution in [0.15, 0.2) is 77.3 Å². The molecule has 2 N–H and O–H groups in total. The number of rotatable bonds is 6. The van der Waals surface area contributed by atoms with Crippen LogP contribution in [0.25, 0.3) is 10.6 Å². The van der Waals surface area contributed by atoms with E-state index in [2.05, 4.69) is 36.8 Å². The van der Waals surface area contributed by atoms with Crippen molar-refractivity contribution >= 4 is 49.9 Å². The first-order valence-corrected chi connectivity index (χ1v) is 11.1. The predicted octanol–water partition coefficient (Wildman–Crippen LogP) is 5.48. The summed E-state index contributed by atoms with van der Waals surface area (Å²) in [7, 11) is 1.61. The molecule has 0 aliphatic heterocycles. The van der Waals surface area contributed by atoms with Crippen LogP contribution >= 0.6 is 27.3 Å². The number of aromatic nitrogens is 2. The lowest BCUT2D eigenvalue weighted by Crippen LogP contribution is -2.14. The number of nitrogens with one attached hydrogen (secondary N) is 2. The van der Waals surface area contributed by atoms with Crippen molar-refractivity contribution in [1.29, 1.82) is 0 Å². The van der Waals surface area contributed by atoms with Crippen LogP contribution in [0.1, 0.15) is 20.7 Å². The second-order valence-electron chi connectivity index (χ2n) is 6.64. The molecule has 0 unspecified atom stereocenters. The highest BCUT2D eigenvalue weighted by atomic mass is 79.9. The zero-order valence-electron chi connectivity index (χ0n) is 16.8. The number of carbonyl (C=O) groups is 2. The van der Waals surface area contributed by atoms with Crippen LogP contribution in [-0.4, -0.2) is 29.1 Å². The monoisotopic (exact) mass is 508 g/mol. The maximum atomic E-state index is 12.7. The maximum Gasteiger partial charge on any atom is 0.257 e. The molecule has 0 saturated carbocycles. The van der Waals surface area contributed by atoms with Crippen molar-refractivity contribution in [1.82, 2.24) is 10.2 Å². The highest BCUT2D eigenvalue weighted by molar-refractivity contribution is 9.10. The third kappa shape index (κ3) is 5.19. The van der Waals surface area contributed by atoms with Crippen LogP contribution in [0.2, 0.25) is 0 Å². The van der Waals surface area contributed by atoms with Crippen molar-refractivity contribution in [2.24, 2.45) is 0 Å². The third-order valence-corrected chi connectivity index (χ3v) is 5.89. The maximum absolute atomic E-state index is 12.7. The number of ether oxygens (including phenoxy) is 1. The first kappa shape index (κ1) is 21.7. The van der Waals surface area contributed by atoms with Crippen LogP contribution in [0.3, 0.4) is 0 Å². The molecule has 2 amide bonds. The Bertz CT molecular complexity index is 1260. The number of carbonyl (C=O) groups excluding carboxylic acids is 2. The van der Waals surface area contributed by atoms with Crippen LogP contribution in [0.4, 0.5) is 10.8 Å². The van der Waals surface area contributed by atoms with E-state index < -0.39 is 0 Å². The molecule has 32 heavy (non-hydrogen) atoms. The van der Waals surface area contributed by atoms with Crippen molar-refractivity contribution < 1.29 is 14.3 Å². The van der Waals surface area contributed by atoms with Crippen LogP contribution in [-0.2, 0) is 0 Å². The summed E-state index contributed by atoms with van der Waals surface area (Å²) in [5.74, 6) is 0.143. The molecule has 3 aromatic carbocycles. The SMILES string of the molecule is COc1ccc(-c2nnc(NC(=O)c3cccc(NC(=O)c4ccc(Br)cc4)c3)s2)cc1. The van der Waals surface area contributed by atoms with E-state index in [0.717, 1.165) is 15.8 Å². The minimum atomic E-state index is -0.345. The number of amides is 2. The first-order chi connectivity index (χ1) is 15.5. The van der Waals surface area contributed by atoms with Gasteiger partial charge < -0.3 is 10.1 Å². The zero-order chi connectivity index (χ0) is 22.5. The fourth-order valence-corrected chi connectivity index (χ4v) is 3.84. The molecule has 4 rings (SSSR count). The Morgan fingerprint density at radius 3 is 2.31 bits per heavy atom. The van der Waals surface area contributed by atoms with E-state index in [-0.39, 0.29) is 11.8 Å². The van der Waals surface area contributed by atoms with Gasteiger partial charge in [-0.3, -0.25) is 14.9 Å². The summed E-state index contributed by atoms with van der Waals surface area (Å²) in [6.07, 6.45) is 0. The Balaban J connectivity index is 1.43. The van der Waals surface area contributed by atoms with Crippen LogP contribution in [0, 0.1) is 0 Å². The number of hydrogen-bond acceptors (Lipinski definition) is 6. The summed E-state index contributed by atoms with van der Waals surface area (Å²) in [6.45, 7) is 0. The smallest absolute Gasteiger partial charge is 0.257 e. The number of halogens is 1. The lowest BCUT2D eigenvalue weighted by Gasteiger charge is -2.07. The van der Waals surface area contributed by atoms with Gasteiger partial charge in [-0.05, 0) is 66.7 Å². The molecular weight excluding hydrogens is 492 g/mol. The van der Waals surface area contributed by atoms with Gasteiger partial charge >= 0.3 is 0 Å². The van der Waals surface area contributed by atoms with E-state index >= 15 is 0 Å². The summed E-state index contributed by atoms with van der Waals surface area (Å²) < 4.78 is 6.05. The van der Waals surface area contributed by atoms with Crippen molar-refractivity contribution in [3.8, 4) is 16.3 Å². The molecule has 0 fully saturated rings. The zero-order valence-corrected chi connectivity index (χ0v) is 19.2. The van der Waals surface area contributed by atoms with E-state index in [1.807, 2.05) is 24.3 Å². The van der Waals surface area contributed by atoms with E-state index in [9.17, 15) is 9.59 Å². The second-order valence-corrected chi connectivity index (χ2v) is 8.53. The van der Waals surface area contributed by atoms with Crippen LogP contribution in [0.5, 0.6) is 5.75 Å². The van der Waals surface area contributed by atoms with E-state index in [1.54, 1.807) is 55.6 Å². The first-order valence-electron chi connectivity index (χ1n) is 9.48. The van der Waals surface area contributed by atoms with Crippen molar-refractivity contribution in [2.75, 3.05) is 17.7 Å². The van der Waals surface area contributed by atoms with Gasteiger partial charge in [0.25, 0.3) is 11.8 Å². The minimum absolute atomic E-state index is 0.261. The topological polar surface area (TPSA) is 93.2 Å². The molecule has 1 aromatic heterocycles. The van der Waals surface area contributed by atoms with Crippen molar-refractivity contribution in [3.63, 3.8) is 0 Å². The number of nitrogens with zero attached hydrogens (tertiary/aromatic N) is 2. The fourth-order valence-electron chi connectivity index (χ4n) is 2.84. The lowest BCUT2D eigenvalue weighted by molar-refractivity contribution is 0.101. The molecule has 0 saturated heterocycles. The van der Waals surface area contributed by atoms with E-state index in [4.69, 9.17) is 4.74 Å². The van der Waals surface area contributed by atoms with Crippen molar-refractivity contribution in [2.45, 2.75) is 0 Å². The summed E-state index contributed by atoms with van der Waals surface area (Å²) in [6, 6.07) is 21.1. The number of benzene rings is 3. The Hall–Kier alpha value is -3.56. The molecule has 0 radical (unpaired) electrons. The largest absolute Gasteiger partial charge is 0.497 e. The van der Waals surface area contributed by atoms with Gasteiger partial charge in [0.15, 0.2) is 0 Å². The molecule has 9 heteroatoms. The molecule has 1 heterocycles. The summed E-state index contributed by atoms with van der Waals surface area (Å²) in [4.78, 5) is 25.1. The Labute approximate surface area is 196 Å². The average Bonchev–Trinajstić information content (AvgIpc) is 3.28. The van der Waals surface area contributed by atoms with Gasteiger partial charge in [0, 0.05) is 26.9 Å². The van der Waals surface area contributed by atoms with Gasteiger partial charge in [-0.25, -0.2) is 0 Å². The van der Waals surface area contributed by atoms with Gasteiger partial charge in [-0.2, -0.15) is 0 Å². The van der Waals surface area contributed by atoms with Gasteiger partial charge in [0.1, 0.15) is 10.8 Å². The predicted molar refractivity (Wildman–Crippen MR) is 128 cm³/mol. The third-order valence-electron chi connectivity index (χ3n) is 4.47. The summed E-state index contributed by atoms with van der Waals surface area (Å²) in [5, 5.41) is 14.8. The second kappa shape index (κ2) is 9.71. The van der Waals surface area contributed by atoms with Gasteiger partial charge in [-0.15, -0.1) is 10.2 Å². The minimum Gasteiger partial charge on any atom is -0.497 e. The molecule has 0 bridgehead atoms. The molecule has 160 valence electrons. The van der Waals surface area contributed by atoms with Gasteiger partial charge in [0.2, 0.25) is 5.13 Å². The number of anilines is 2. The summed E-state index contributed by atoms with van der Waals surface area (Å²) in [5.41, 5.74) is 2.30. The van der Waals surface area contributed by atoms with Gasteiger partial charge in [0.05, 0.1) is 7.11 Å². The Kier molecular flexibility index (Phi) is 6.58. The Morgan fingerprint density at radius 2 is 1.59 bits per heavy atom. The highest BCUT2D eigenvalue weighted by Crippen LogP contribution is 2.28. The van der Waals surface area contributed by atoms with E-state index in [0.29, 0.717) is 27.0 Å². The van der Waals surface area contributed by atoms with Gasteiger partial charge in [-0.1, -0.05) is 33.3 Å². The molecule has 0 aliphatic rings. The van der Waals surface area contributed by atoms with Crippen LogP contribution < -0.4 is 15.4 Å². The molecule has 0 atom stereocenters. The molecular formula is C23H17BrN4O3S. The lowest BCUT2D eigenvalue weighted by atomic mass is 10.1. The molecule has 7 nitrogen and oxygen atoms in total.